The maximum Gasteiger partial charge on any atom is 0.234 e. The topological polar surface area (TPSA) is 68.3 Å². The molecule has 0 saturated heterocycles. The second kappa shape index (κ2) is 6.29. The Labute approximate surface area is 114 Å². The first-order valence-corrected chi connectivity index (χ1v) is 6.75. The highest BCUT2D eigenvalue weighted by atomic mass is 32.2. The molecule has 2 rings (SSSR count). The quantitative estimate of drug-likeness (QED) is 0.826. The maximum absolute atomic E-state index is 12.8. The molecule has 0 fully saturated rings. The molecule has 0 aliphatic heterocycles. The molecule has 3 N–H and O–H groups in total. The lowest BCUT2D eigenvalue weighted by Gasteiger charge is -2.07. The van der Waals surface area contributed by atoms with Gasteiger partial charge in [-0.15, -0.1) is 11.8 Å². The molecule has 19 heavy (non-hydrogen) atoms. The van der Waals surface area contributed by atoms with E-state index in [9.17, 15) is 9.18 Å². The van der Waals surface area contributed by atoms with Gasteiger partial charge in [0.05, 0.1) is 29.1 Å². The van der Waals surface area contributed by atoms with E-state index in [1.165, 1.54) is 30.0 Å². The fourth-order valence-electron chi connectivity index (χ4n) is 1.47. The normalized spacial score (nSPS) is 10.4. The number of nitrogens with two attached hydrogens (primary N) is 1. The lowest BCUT2D eigenvalue weighted by atomic mass is 10.2. The van der Waals surface area contributed by atoms with Gasteiger partial charge in [0.1, 0.15) is 11.6 Å². The summed E-state index contributed by atoms with van der Waals surface area (Å²) in [5.41, 5.74) is 6.23. The molecule has 0 bridgehead atoms. The van der Waals surface area contributed by atoms with Crippen LogP contribution in [0, 0.1) is 5.82 Å². The average molecular weight is 280 g/mol. The van der Waals surface area contributed by atoms with Crippen LogP contribution >= 0.6 is 11.8 Å². The number of nitrogen functional groups attached to an aromatic ring is 1. The van der Waals surface area contributed by atoms with Gasteiger partial charge in [0.2, 0.25) is 5.91 Å². The largest absolute Gasteiger partial charge is 0.468 e. The number of furan rings is 1. The summed E-state index contributed by atoms with van der Waals surface area (Å²) in [6.07, 6.45) is 1.59. The summed E-state index contributed by atoms with van der Waals surface area (Å²) in [6, 6.07) is 7.52. The van der Waals surface area contributed by atoms with E-state index in [2.05, 4.69) is 5.32 Å². The Balaban J connectivity index is 1.80. The molecule has 0 aliphatic rings. The zero-order chi connectivity index (χ0) is 13.7. The number of anilines is 2. The number of nitrogens with one attached hydrogen (secondary N) is 1. The minimum Gasteiger partial charge on any atom is -0.468 e. The van der Waals surface area contributed by atoms with Gasteiger partial charge in [-0.2, -0.15) is 0 Å². The van der Waals surface area contributed by atoms with Crippen molar-refractivity contribution < 1.29 is 13.6 Å². The third-order valence-electron chi connectivity index (χ3n) is 2.35. The van der Waals surface area contributed by atoms with Crippen molar-refractivity contribution >= 4 is 29.0 Å². The van der Waals surface area contributed by atoms with E-state index in [1.807, 2.05) is 6.07 Å². The van der Waals surface area contributed by atoms with Crippen LogP contribution < -0.4 is 11.1 Å². The van der Waals surface area contributed by atoms with Gasteiger partial charge in [-0.25, -0.2) is 4.39 Å². The molecular formula is C13H13FN2O2S. The Morgan fingerprint density at radius 1 is 1.42 bits per heavy atom. The van der Waals surface area contributed by atoms with Crippen molar-refractivity contribution in [3.63, 3.8) is 0 Å². The number of benzene rings is 1. The molecular weight excluding hydrogens is 267 g/mol. The first-order valence-electron chi connectivity index (χ1n) is 5.60. The van der Waals surface area contributed by atoms with Crippen LogP contribution in [0.2, 0.25) is 0 Å². The number of hydrogen-bond acceptors (Lipinski definition) is 4. The third kappa shape index (κ3) is 4.03. The molecule has 2 aromatic rings. The van der Waals surface area contributed by atoms with E-state index in [0.717, 1.165) is 5.76 Å². The zero-order valence-corrected chi connectivity index (χ0v) is 10.9. The van der Waals surface area contributed by atoms with E-state index in [0.29, 0.717) is 11.4 Å². The van der Waals surface area contributed by atoms with Crippen molar-refractivity contribution in [1.29, 1.82) is 0 Å². The molecule has 0 saturated carbocycles. The van der Waals surface area contributed by atoms with E-state index in [4.69, 9.17) is 10.2 Å². The monoisotopic (exact) mass is 280 g/mol. The highest BCUT2D eigenvalue weighted by Crippen LogP contribution is 2.20. The maximum atomic E-state index is 12.8. The Morgan fingerprint density at radius 2 is 2.26 bits per heavy atom. The second-order valence-corrected chi connectivity index (χ2v) is 4.84. The second-order valence-electron chi connectivity index (χ2n) is 3.85. The lowest BCUT2D eigenvalue weighted by Crippen LogP contribution is -2.15. The van der Waals surface area contributed by atoms with Gasteiger partial charge in [-0.1, -0.05) is 0 Å². The third-order valence-corrected chi connectivity index (χ3v) is 3.30. The number of rotatable bonds is 5. The van der Waals surface area contributed by atoms with E-state index in [1.54, 1.807) is 12.3 Å². The number of amides is 1. The number of halogens is 1. The van der Waals surface area contributed by atoms with Crippen molar-refractivity contribution in [2.75, 3.05) is 16.8 Å². The number of carbonyl (C=O) groups is 1. The summed E-state index contributed by atoms with van der Waals surface area (Å²) >= 11 is 1.43. The van der Waals surface area contributed by atoms with E-state index >= 15 is 0 Å². The SMILES string of the molecule is Nc1cc(F)ccc1NC(=O)CSCc1ccco1. The highest BCUT2D eigenvalue weighted by molar-refractivity contribution is 7.99. The van der Waals surface area contributed by atoms with Gasteiger partial charge >= 0.3 is 0 Å². The van der Waals surface area contributed by atoms with Crippen molar-refractivity contribution in [3.8, 4) is 0 Å². The molecule has 100 valence electrons. The summed E-state index contributed by atoms with van der Waals surface area (Å²) in [7, 11) is 0. The summed E-state index contributed by atoms with van der Waals surface area (Å²) in [5.74, 6) is 1.10. The summed E-state index contributed by atoms with van der Waals surface area (Å²) in [4.78, 5) is 11.7. The Kier molecular flexibility index (Phi) is 4.46. The predicted octanol–water partition coefficient (Wildman–Crippen LogP) is 2.87. The Bertz CT molecular complexity index is 558. The van der Waals surface area contributed by atoms with E-state index in [-0.39, 0.29) is 17.3 Å². The predicted molar refractivity (Wildman–Crippen MR) is 74.3 cm³/mol. The molecule has 0 aliphatic carbocycles. The molecule has 1 amide bonds. The number of hydrogen-bond donors (Lipinski definition) is 2. The average Bonchev–Trinajstić information content (AvgIpc) is 2.86. The van der Waals surface area contributed by atoms with Crippen LogP contribution in [-0.2, 0) is 10.5 Å². The molecule has 6 heteroatoms. The molecule has 0 atom stereocenters. The molecule has 1 heterocycles. The van der Waals surface area contributed by atoms with Crippen LogP contribution in [0.4, 0.5) is 15.8 Å². The van der Waals surface area contributed by atoms with Gasteiger partial charge in [0.25, 0.3) is 0 Å². The standard InChI is InChI=1S/C13H13FN2O2S/c14-9-3-4-12(11(15)6-9)16-13(17)8-19-7-10-2-1-5-18-10/h1-6H,7-8,15H2,(H,16,17). The van der Waals surface area contributed by atoms with Crippen molar-refractivity contribution in [1.82, 2.24) is 0 Å². The minimum absolute atomic E-state index is 0.185. The fraction of sp³-hybridized carbons (Fsp3) is 0.154. The van der Waals surface area contributed by atoms with Crippen LogP contribution in [0.15, 0.2) is 41.0 Å². The van der Waals surface area contributed by atoms with Crippen LogP contribution in [0.5, 0.6) is 0 Å². The van der Waals surface area contributed by atoms with Crippen LogP contribution in [0.1, 0.15) is 5.76 Å². The number of carbonyl (C=O) groups excluding carboxylic acids is 1. The van der Waals surface area contributed by atoms with Gasteiger partial charge < -0.3 is 15.5 Å². The Morgan fingerprint density at radius 3 is 2.95 bits per heavy atom. The molecule has 0 unspecified atom stereocenters. The summed E-state index contributed by atoms with van der Waals surface area (Å²) in [6.45, 7) is 0. The smallest absolute Gasteiger partial charge is 0.234 e. The first kappa shape index (κ1) is 13.5. The molecule has 0 radical (unpaired) electrons. The van der Waals surface area contributed by atoms with Gasteiger partial charge in [0.15, 0.2) is 0 Å². The fourth-order valence-corrected chi connectivity index (χ4v) is 2.20. The van der Waals surface area contributed by atoms with E-state index < -0.39 is 5.82 Å². The van der Waals surface area contributed by atoms with Crippen molar-refractivity contribution in [3.05, 3.63) is 48.2 Å². The summed E-state index contributed by atoms with van der Waals surface area (Å²) in [5, 5.41) is 2.64. The highest BCUT2D eigenvalue weighted by Gasteiger charge is 2.07. The lowest BCUT2D eigenvalue weighted by molar-refractivity contribution is -0.113. The van der Waals surface area contributed by atoms with Crippen molar-refractivity contribution in [2.24, 2.45) is 0 Å². The molecule has 4 nitrogen and oxygen atoms in total. The Hall–Kier alpha value is -1.95. The number of thioether (sulfide) groups is 1. The summed E-state index contributed by atoms with van der Waals surface area (Å²) < 4.78 is 18.0. The van der Waals surface area contributed by atoms with Gasteiger partial charge in [0, 0.05) is 0 Å². The molecule has 0 spiro atoms. The van der Waals surface area contributed by atoms with Crippen LogP contribution in [0.25, 0.3) is 0 Å². The van der Waals surface area contributed by atoms with Crippen molar-refractivity contribution in [2.45, 2.75) is 5.75 Å². The first-order chi connectivity index (χ1) is 9.15. The van der Waals surface area contributed by atoms with Crippen LogP contribution in [-0.4, -0.2) is 11.7 Å². The van der Waals surface area contributed by atoms with Gasteiger partial charge in [-0.05, 0) is 30.3 Å². The van der Waals surface area contributed by atoms with Crippen LogP contribution in [0.3, 0.4) is 0 Å². The van der Waals surface area contributed by atoms with Gasteiger partial charge in [-0.3, -0.25) is 4.79 Å². The zero-order valence-electron chi connectivity index (χ0n) is 10.1. The molecule has 1 aromatic carbocycles. The minimum atomic E-state index is -0.428. The molecule has 1 aromatic heterocycles.